The highest BCUT2D eigenvalue weighted by Gasteiger charge is 2.40. The van der Waals surface area contributed by atoms with Crippen LogP contribution in [0.1, 0.15) is 51.9 Å². The summed E-state index contributed by atoms with van der Waals surface area (Å²) in [6.07, 6.45) is 5.29. The van der Waals surface area contributed by atoms with Crippen LogP contribution in [0.15, 0.2) is 0 Å². The highest BCUT2D eigenvalue weighted by Crippen LogP contribution is 2.19. The van der Waals surface area contributed by atoms with Crippen LogP contribution in [-0.2, 0) is 0 Å². The zero-order chi connectivity index (χ0) is 15.0. The fourth-order valence-corrected chi connectivity index (χ4v) is 2.91. The van der Waals surface area contributed by atoms with Gasteiger partial charge in [-0.05, 0) is 13.0 Å². The average molecular weight is 289 g/mol. The van der Waals surface area contributed by atoms with Crippen molar-refractivity contribution in [3.63, 3.8) is 0 Å². The number of aliphatic hydroxyl groups is 4. The van der Waals surface area contributed by atoms with E-state index in [4.69, 9.17) is 0 Å². The van der Waals surface area contributed by atoms with Crippen molar-refractivity contribution in [1.29, 1.82) is 0 Å². The van der Waals surface area contributed by atoms with Crippen LogP contribution in [0, 0.1) is 0 Å². The van der Waals surface area contributed by atoms with Gasteiger partial charge in [0.05, 0.1) is 18.8 Å². The molecule has 0 aliphatic carbocycles. The van der Waals surface area contributed by atoms with Crippen molar-refractivity contribution in [2.24, 2.45) is 0 Å². The molecular formula is C15H31NO4. The van der Waals surface area contributed by atoms with E-state index in [-0.39, 0.29) is 6.61 Å². The Hall–Kier alpha value is -0.200. The van der Waals surface area contributed by atoms with Crippen LogP contribution in [0.4, 0.5) is 0 Å². The first-order chi connectivity index (χ1) is 9.61. The number of nitrogens with zero attached hydrogens (tertiary/aromatic N) is 1. The van der Waals surface area contributed by atoms with Gasteiger partial charge in [0, 0.05) is 6.54 Å². The predicted molar refractivity (Wildman–Crippen MR) is 78.5 cm³/mol. The summed E-state index contributed by atoms with van der Waals surface area (Å²) in [5.74, 6) is 0. The summed E-state index contributed by atoms with van der Waals surface area (Å²) in [5.41, 5.74) is 0. The van der Waals surface area contributed by atoms with Crippen molar-refractivity contribution in [2.45, 2.75) is 76.2 Å². The first kappa shape index (κ1) is 17.9. The molecule has 1 heterocycles. The molecule has 0 aromatic rings. The number of hydrogen-bond donors (Lipinski definition) is 4. The highest BCUT2D eigenvalue weighted by atomic mass is 16.4. The van der Waals surface area contributed by atoms with Crippen LogP contribution in [0.3, 0.4) is 0 Å². The highest BCUT2D eigenvalue weighted by molar-refractivity contribution is 4.93. The van der Waals surface area contributed by atoms with Crippen LogP contribution >= 0.6 is 0 Å². The number of unbranched alkanes of at least 4 members (excludes halogenated alkanes) is 6. The van der Waals surface area contributed by atoms with Gasteiger partial charge in [-0.3, -0.25) is 4.90 Å². The van der Waals surface area contributed by atoms with E-state index in [1.165, 1.54) is 32.1 Å². The number of aliphatic hydroxyl groups excluding tert-OH is 4. The maximum absolute atomic E-state index is 9.87. The molecule has 0 spiro atoms. The lowest BCUT2D eigenvalue weighted by Crippen LogP contribution is -2.62. The Morgan fingerprint density at radius 1 is 0.900 bits per heavy atom. The molecule has 1 aliphatic rings. The molecule has 4 N–H and O–H groups in total. The van der Waals surface area contributed by atoms with Gasteiger partial charge < -0.3 is 20.4 Å². The van der Waals surface area contributed by atoms with Crippen molar-refractivity contribution in [3.05, 3.63) is 0 Å². The molecule has 0 amide bonds. The largest absolute Gasteiger partial charge is 0.395 e. The Labute approximate surface area is 122 Å². The molecule has 0 aromatic heterocycles. The summed E-state index contributed by atoms with van der Waals surface area (Å²) in [4.78, 5) is 1.90. The number of hydrogen-bond acceptors (Lipinski definition) is 5. The van der Waals surface area contributed by atoms with Crippen molar-refractivity contribution >= 4 is 0 Å². The van der Waals surface area contributed by atoms with Crippen LogP contribution in [0.25, 0.3) is 0 Å². The van der Waals surface area contributed by atoms with Gasteiger partial charge >= 0.3 is 0 Å². The second-order valence-corrected chi connectivity index (χ2v) is 5.91. The molecule has 2 unspecified atom stereocenters. The van der Waals surface area contributed by atoms with E-state index in [9.17, 15) is 20.4 Å². The van der Waals surface area contributed by atoms with E-state index in [0.29, 0.717) is 6.54 Å². The summed E-state index contributed by atoms with van der Waals surface area (Å²) >= 11 is 0. The van der Waals surface area contributed by atoms with Gasteiger partial charge in [0.15, 0.2) is 0 Å². The third kappa shape index (κ3) is 5.30. The summed E-state index contributed by atoms with van der Waals surface area (Å²) in [6.45, 7) is 3.08. The van der Waals surface area contributed by atoms with Crippen molar-refractivity contribution in [3.8, 4) is 0 Å². The minimum absolute atomic E-state index is 0.193. The molecule has 5 heteroatoms. The van der Waals surface area contributed by atoms with Crippen molar-refractivity contribution in [1.82, 2.24) is 4.90 Å². The first-order valence-electron chi connectivity index (χ1n) is 8.01. The lowest BCUT2D eigenvalue weighted by molar-refractivity contribution is -0.145. The van der Waals surface area contributed by atoms with E-state index in [1.807, 2.05) is 4.90 Å². The maximum atomic E-state index is 9.87. The van der Waals surface area contributed by atoms with Gasteiger partial charge in [0.1, 0.15) is 12.2 Å². The summed E-state index contributed by atoms with van der Waals surface area (Å²) in [7, 11) is 0. The number of likely N-dealkylation sites (tertiary alicyclic amines) is 1. The number of β-amino-alcohol motifs (C(OH)–C–C–N with tert-alkyl or cyclic N) is 1. The van der Waals surface area contributed by atoms with Crippen molar-refractivity contribution < 1.29 is 20.4 Å². The van der Waals surface area contributed by atoms with Gasteiger partial charge in [0.25, 0.3) is 0 Å². The zero-order valence-electron chi connectivity index (χ0n) is 12.6. The molecule has 20 heavy (non-hydrogen) atoms. The third-order valence-electron chi connectivity index (χ3n) is 4.26. The van der Waals surface area contributed by atoms with E-state index in [2.05, 4.69) is 6.92 Å². The molecule has 4 atom stereocenters. The SMILES string of the molecule is CCCCCCCCCN1CC(O)[C@@H](O)[C@@H](O)C1CO. The lowest BCUT2D eigenvalue weighted by atomic mass is 9.94. The Kier molecular flexibility index (Phi) is 8.64. The molecular weight excluding hydrogens is 258 g/mol. The van der Waals surface area contributed by atoms with Gasteiger partial charge in [-0.1, -0.05) is 45.4 Å². The Bertz CT molecular complexity index is 252. The first-order valence-corrected chi connectivity index (χ1v) is 8.01. The molecule has 1 fully saturated rings. The standard InChI is InChI=1S/C15H31NO4/c1-2-3-4-5-6-7-8-9-16-10-13(18)15(20)14(19)12(16)11-17/h12-15,17-20H,2-11H2,1H3/t12?,13?,14-,15+/m0/s1. The molecule has 120 valence electrons. The predicted octanol–water partition coefficient (Wildman–Crippen LogP) is 0.496. The second-order valence-electron chi connectivity index (χ2n) is 5.91. The molecule has 5 nitrogen and oxygen atoms in total. The smallest absolute Gasteiger partial charge is 0.109 e. The van der Waals surface area contributed by atoms with Crippen LogP contribution in [-0.4, -0.2) is 69.4 Å². The third-order valence-corrected chi connectivity index (χ3v) is 4.26. The number of piperidine rings is 1. The minimum atomic E-state index is -1.16. The summed E-state index contributed by atoms with van der Waals surface area (Å²) < 4.78 is 0. The Morgan fingerprint density at radius 3 is 2.10 bits per heavy atom. The molecule has 0 radical (unpaired) electrons. The molecule has 0 bridgehead atoms. The van der Waals surface area contributed by atoms with Gasteiger partial charge in [-0.15, -0.1) is 0 Å². The summed E-state index contributed by atoms with van der Waals surface area (Å²) in [6, 6.07) is -0.464. The topological polar surface area (TPSA) is 84.2 Å². The van der Waals surface area contributed by atoms with Crippen LogP contribution in [0.2, 0.25) is 0 Å². The molecule has 1 aliphatic heterocycles. The normalized spacial score (nSPS) is 31.6. The van der Waals surface area contributed by atoms with E-state index in [0.717, 1.165) is 19.4 Å². The van der Waals surface area contributed by atoms with Gasteiger partial charge in [-0.25, -0.2) is 0 Å². The minimum Gasteiger partial charge on any atom is -0.395 e. The van der Waals surface area contributed by atoms with Gasteiger partial charge in [-0.2, -0.15) is 0 Å². The fraction of sp³-hybridized carbons (Fsp3) is 1.00. The molecule has 0 saturated carbocycles. The molecule has 1 saturated heterocycles. The second kappa shape index (κ2) is 9.68. The zero-order valence-corrected chi connectivity index (χ0v) is 12.6. The number of rotatable bonds is 9. The average Bonchev–Trinajstić information content (AvgIpc) is 2.44. The quantitative estimate of drug-likeness (QED) is 0.465. The Morgan fingerprint density at radius 2 is 1.50 bits per heavy atom. The molecule has 1 rings (SSSR count). The maximum Gasteiger partial charge on any atom is 0.109 e. The van der Waals surface area contributed by atoms with Crippen LogP contribution in [0.5, 0.6) is 0 Å². The van der Waals surface area contributed by atoms with E-state index in [1.54, 1.807) is 0 Å². The van der Waals surface area contributed by atoms with Crippen LogP contribution < -0.4 is 0 Å². The van der Waals surface area contributed by atoms with Gasteiger partial charge in [0.2, 0.25) is 0 Å². The fourth-order valence-electron chi connectivity index (χ4n) is 2.91. The van der Waals surface area contributed by atoms with E-state index < -0.39 is 24.4 Å². The van der Waals surface area contributed by atoms with Crippen molar-refractivity contribution in [2.75, 3.05) is 19.7 Å². The lowest BCUT2D eigenvalue weighted by Gasteiger charge is -2.43. The van der Waals surface area contributed by atoms with E-state index >= 15 is 0 Å². The summed E-state index contributed by atoms with van der Waals surface area (Å²) in [5, 5.41) is 38.5. The molecule has 0 aromatic carbocycles. The monoisotopic (exact) mass is 289 g/mol. The Balaban J connectivity index is 2.24.